The third-order valence-corrected chi connectivity index (χ3v) is 4.57. The summed E-state index contributed by atoms with van der Waals surface area (Å²) in [5.41, 5.74) is 1.83. The molecule has 0 radical (unpaired) electrons. The van der Waals surface area contributed by atoms with Gasteiger partial charge in [-0.1, -0.05) is 17.7 Å². The summed E-state index contributed by atoms with van der Waals surface area (Å²) in [7, 11) is 0. The second kappa shape index (κ2) is 8.01. The van der Waals surface area contributed by atoms with Crippen LogP contribution in [0.25, 0.3) is 0 Å². The molecule has 0 aliphatic carbocycles. The molecule has 2 rings (SSSR count). The van der Waals surface area contributed by atoms with E-state index in [0.717, 1.165) is 11.3 Å². The van der Waals surface area contributed by atoms with E-state index in [2.05, 4.69) is 5.32 Å². The largest absolute Gasteiger partial charge is 0.480 e. The maximum Gasteiger partial charge on any atom is 0.326 e. The molecule has 7 heteroatoms. The zero-order valence-electron chi connectivity index (χ0n) is 12.9. The number of thioether (sulfide) groups is 1. The first-order chi connectivity index (χ1) is 11.0. The molecule has 1 unspecified atom stereocenters. The van der Waals surface area contributed by atoms with E-state index in [-0.39, 0.29) is 23.3 Å². The Labute approximate surface area is 139 Å². The number of hydrogen-bond donors (Lipinski definition) is 2. The number of carboxylic acids is 1. The number of likely N-dealkylation sites (tertiary alicyclic amines) is 1. The van der Waals surface area contributed by atoms with Crippen molar-refractivity contribution in [1.29, 1.82) is 0 Å². The molecule has 0 bridgehead atoms. The average Bonchev–Trinajstić information content (AvgIpc) is 2.99. The zero-order chi connectivity index (χ0) is 16.8. The molecule has 1 fully saturated rings. The van der Waals surface area contributed by atoms with Crippen LogP contribution in [0.15, 0.2) is 24.3 Å². The Morgan fingerprint density at radius 1 is 1.26 bits per heavy atom. The average molecular weight is 336 g/mol. The van der Waals surface area contributed by atoms with Gasteiger partial charge in [-0.2, -0.15) is 0 Å². The van der Waals surface area contributed by atoms with Crippen LogP contribution in [-0.2, 0) is 14.4 Å². The number of carbonyl (C=O) groups excluding carboxylic acids is 2. The first-order valence-electron chi connectivity index (χ1n) is 7.44. The minimum absolute atomic E-state index is 0.116. The van der Waals surface area contributed by atoms with Crippen LogP contribution in [0.2, 0.25) is 0 Å². The van der Waals surface area contributed by atoms with E-state index in [9.17, 15) is 14.4 Å². The molecule has 0 saturated carbocycles. The number of anilines is 1. The molecule has 23 heavy (non-hydrogen) atoms. The Morgan fingerprint density at radius 2 is 1.96 bits per heavy atom. The van der Waals surface area contributed by atoms with Crippen LogP contribution < -0.4 is 5.32 Å². The predicted molar refractivity (Wildman–Crippen MR) is 89.5 cm³/mol. The van der Waals surface area contributed by atoms with Crippen molar-refractivity contribution in [3.8, 4) is 0 Å². The molecule has 1 saturated heterocycles. The first-order valence-corrected chi connectivity index (χ1v) is 8.59. The van der Waals surface area contributed by atoms with Crippen molar-refractivity contribution < 1.29 is 19.5 Å². The van der Waals surface area contributed by atoms with E-state index in [4.69, 9.17) is 5.11 Å². The van der Waals surface area contributed by atoms with Gasteiger partial charge < -0.3 is 15.3 Å². The number of rotatable bonds is 6. The maximum atomic E-state index is 12.0. The highest BCUT2D eigenvalue weighted by molar-refractivity contribution is 8.00. The van der Waals surface area contributed by atoms with Crippen LogP contribution in [0.5, 0.6) is 0 Å². The monoisotopic (exact) mass is 336 g/mol. The van der Waals surface area contributed by atoms with Crippen LogP contribution in [-0.4, -0.2) is 51.9 Å². The molecule has 1 aliphatic heterocycles. The zero-order valence-corrected chi connectivity index (χ0v) is 13.8. The van der Waals surface area contributed by atoms with Gasteiger partial charge in [-0.05, 0) is 31.9 Å². The van der Waals surface area contributed by atoms with E-state index in [1.807, 2.05) is 31.2 Å². The van der Waals surface area contributed by atoms with Crippen molar-refractivity contribution in [3.63, 3.8) is 0 Å². The normalized spacial score (nSPS) is 17.1. The van der Waals surface area contributed by atoms with Crippen molar-refractivity contribution in [2.75, 3.05) is 23.4 Å². The SMILES string of the molecule is Cc1ccc(NC(=O)CSCC(=O)N2CCCC2C(=O)O)cc1. The van der Waals surface area contributed by atoms with Gasteiger partial charge in [-0.15, -0.1) is 11.8 Å². The Kier molecular flexibility index (Phi) is 6.04. The summed E-state index contributed by atoms with van der Waals surface area (Å²) in [6.45, 7) is 2.45. The summed E-state index contributed by atoms with van der Waals surface area (Å²) >= 11 is 1.20. The molecule has 1 atom stereocenters. The second-order valence-electron chi connectivity index (χ2n) is 5.49. The number of nitrogens with zero attached hydrogens (tertiary/aromatic N) is 1. The predicted octanol–water partition coefficient (Wildman–Crippen LogP) is 1.74. The van der Waals surface area contributed by atoms with Crippen molar-refractivity contribution in [1.82, 2.24) is 4.90 Å². The quantitative estimate of drug-likeness (QED) is 0.826. The van der Waals surface area contributed by atoms with Gasteiger partial charge >= 0.3 is 5.97 Å². The van der Waals surface area contributed by atoms with Crippen molar-refractivity contribution >= 4 is 35.2 Å². The standard InChI is InChI=1S/C16H20N2O4S/c1-11-4-6-12(7-5-11)17-14(19)9-23-10-15(20)18-8-2-3-13(18)16(21)22/h4-7,13H,2-3,8-10H2,1H3,(H,17,19)(H,21,22). The number of aliphatic carboxylic acids is 1. The Balaban J connectivity index is 1.73. The molecule has 2 amide bonds. The number of benzene rings is 1. The Morgan fingerprint density at radius 3 is 2.61 bits per heavy atom. The highest BCUT2D eigenvalue weighted by Gasteiger charge is 2.33. The van der Waals surface area contributed by atoms with E-state index >= 15 is 0 Å². The van der Waals surface area contributed by atoms with Crippen LogP contribution >= 0.6 is 11.8 Å². The fraction of sp³-hybridized carbons (Fsp3) is 0.438. The number of carbonyl (C=O) groups is 3. The van der Waals surface area contributed by atoms with Gasteiger partial charge in [0.05, 0.1) is 11.5 Å². The van der Waals surface area contributed by atoms with Gasteiger partial charge in [0, 0.05) is 12.2 Å². The summed E-state index contributed by atoms with van der Waals surface area (Å²) in [6.07, 6.45) is 1.21. The van der Waals surface area contributed by atoms with Gasteiger partial charge in [-0.25, -0.2) is 4.79 Å². The van der Waals surface area contributed by atoms with Gasteiger partial charge in [0.25, 0.3) is 0 Å². The van der Waals surface area contributed by atoms with E-state index < -0.39 is 12.0 Å². The number of nitrogens with one attached hydrogen (secondary N) is 1. The molecular formula is C16H20N2O4S. The van der Waals surface area contributed by atoms with Crippen molar-refractivity contribution in [2.45, 2.75) is 25.8 Å². The van der Waals surface area contributed by atoms with Crippen LogP contribution in [0, 0.1) is 6.92 Å². The second-order valence-corrected chi connectivity index (χ2v) is 6.48. The van der Waals surface area contributed by atoms with E-state index in [1.54, 1.807) is 0 Å². The summed E-state index contributed by atoms with van der Waals surface area (Å²) < 4.78 is 0. The highest BCUT2D eigenvalue weighted by Crippen LogP contribution is 2.19. The number of hydrogen-bond acceptors (Lipinski definition) is 4. The van der Waals surface area contributed by atoms with Gasteiger partial charge in [-0.3, -0.25) is 9.59 Å². The number of amides is 2. The molecule has 1 heterocycles. The van der Waals surface area contributed by atoms with E-state index in [1.165, 1.54) is 16.7 Å². The molecular weight excluding hydrogens is 316 g/mol. The Bertz CT molecular complexity index is 588. The van der Waals surface area contributed by atoms with Gasteiger partial charge in [0.1, 0.15) is 6.04 Å². The minimum atomic E-state index is -0.960. The molecule has 124 valence electrons. The molecule has 0 aromatic heterocycles. The molecule has 6 nitrogen and oxygen atoms in total. The smallest absolute Gasteiger partial charge is 0.326 e. The number of aryl methyl sites for hydroxylation is 1. The summed E-state index contributed by atoms with van der Waals surface area (Å²) in [5.74, 6) is -1.08. The third kappa shape index (κ3) is 4.99. The van der Waals surface area contributed by atoms with Gasteiger partial charge in [0.2, 0.25) is 11.8 Å². The third-order valence-electron chi connectivity index (χ3n) is 3.65. The highest BCUT2D eigenvalue weighted by atomic mass is 32.2. The molecule has 2 N–H and O–H groups in total. The van der Waals surface area contributed by atoms with Crippen LogP contribution in [0.1, 0.15) is 18.4 Å². The lowest BCUT2D eigenvalue weighted by molar-refractivity contribution is -0.147. The molecule has 1 aromatic rings. The van der Waals surface area contributed by atoms with Crippen molar-refractivity contribution in [3.05, 3.63) is 29.8 Å². The lowest BCUT2D eigenvalue weighted by Gasteiger charge is -2.21. The first kappa shape index (κ1) is 17.3. The fourth-order valence-electron chi connectivity index (χ4n) is 2.47. The molecule has 1 aromatic carbocycles. The van der Waals surface area contributed by atoms with Crippen LogP contribution in [0.3, 0.4) is 0 Å². The topological polar surface area (TPSA) is 86.7 Å². The molecule has 1 aliphatic rings. The summed E-state index contributed by atoms with van der Waals surface area (Å²) in [5, 5.41) is 11.8. The van der Waals surface area contributed by atoms with Crippen molar-refractivity contribution in [2.24, 2.45) is 0 Å². The molecule has 0 spiro atoms. The minimum Gasteiger partial charge on any atom is -0.480 e. The summed E-state index contributed by atoms with van der Waals surface area (Å²) in [6, 6.07) is 6.75. The lowest BCUT2D eigenvalue weighted by atomic mass is 10.2. The van der Waals surface area contributed by atoms with Crippen LogP contribution in [0.4, 0.5) is 5.69 Å². The number of carboxylic acid groups (broad SMARTS) is 1. The summed E-state index contributed by atoms with van der Waals surface area (Å²) in [4.78, 5) is 36.3. The maximum absolute atomic E-state index is 12.0. The Hall–Kier alpha value is -2.02. The fourth-order valence-corrected chi connectivity index (χ4v) is 3.17. The van der Waals surface area contributed by atoms with Gasteiger partial charge in [0.15, 0.2) is 0 Å². The lowest BCUT2D eigenvalue weighted by Crippen LogP contribution is -2.41. The van der Waals surface area contributed by atoms with E-state index in [0.29, 0.717) is 19.4 Å².